The van der Waals surface area contributed by atoms with Crippen LogP contribution in [0, 0.1) is 5.92 Å². The highest BCUT2D eigenvalue weighted by Crippen LogP contribution is 2.19. The van der Waals surface area contributed by atoms with Gasteiger partial charge in [0.1, 0.15) is 0 Å². The van der Waals surface area contributed by atoms with Gasteiger partial charge in [-0.1, -0.05) is 30.3 Å². The number of nitrogens with two attached hydrogens (primary N) is 1. The Hall–Kier alpha value is -1.39. The van der Waals surface area contributed by atoms with Gasteiger partial charge in [0.15, 0.2) is 0 Å². The van der Waals surface area contributed by atoms with Crippen LogP contribution in [0.25, 0.3) is 0 Å². The van der Waals surface area contributed by atoms with Crippen molar-refractivity contribution in [2.75, 3.05) is 19.7 Å². The number of carbonyl (C=O) groups excluding carboxylic acids is 1. The van der Waals surface area contributed by atoms with Crippen molar-refractivity contribution in [3.8, 4) is 0 Å². The van der Waals surface area contributed by atoms with E-state index in [4.69, 9.17) is 10.5 Å². The Morgan fingerprint density at radius 2 is 2.16 bits per heavy atom. The minimum Gasteiger partial charge on any atom is -0.466 e. The topological polar surface area (TPSA) is 55.6 Å². The summed E-state index contributed by atoms with van der Waals surface area (Å²) < 4.78 is 5.07. The molecule has 104 valence electrons. The fraction of sp³-hybridized carbons (Fsp3) is 0.533. The van der Waals surface area contributed by atoms with E-state index in [1.165, 1.54) is 5.56 Å². The van der Waals surface area contributed by atoms with Crippen LogP contribution < -0.4 is 5.73 Å². The molecule has 4 nitrogen and oxygen atoms in total. The Morgan fingerprint density at radius 1 is 1.42 bits per heavy atom. The molecule has 0 saturated carbocycles. The fourth-order valence-electron chi connectivity index (χ4n) is 2.58. The molecule has 1 aromatic carbocycles. The van der Waals surface area contributed by atoms with Gasteiger partial charge in [0.05, 0.1) is 12.5 Å². The molecule has 1 aliphatic rings. The van der Waals surface area contributed by atoms with Crippen molar-refractivity contribution in [1.29, 1.82) is 0 Å². The third-order valence-electron chi connectivity index (χ3n) is 3.58. The second-order valence-corrected chi connectivity index (χ2v) is 5.03. The summed E-state index contributed by atoms with van der Waals surface area (Å²) in [5.74, 6) is -0.290. The van der Waals surface area contributed by atoms with E-state index in [2.05, 4.69) is 17.0 Å². The summed E-state index contributed by atoms with van der Waals surface area (Å²) in [7, 11) is 0. The van der Waals surface area contributed by atoms with Crippen LogP contribution in [0.2, 0.25) is 0 Å². The number of carbonyl (C=O) groups is 1. The first-order valence-electron chi connectivity index (χ1n) is 6.89. The third kappa shape index (κ3) is 3.78. The highest BCUT2D eigenvalue weighted by Gasteiger charge is 2.32. The van der Waals surface area contributed by atoms with Crippen LogP contribution in [0.15, 0.2) is 30.3 Å². The van der Waals surface area contributed by atoms with Crippen molar-refractivity contribution in [2.45, 2.75) is 25.9 Å². The van der Waals surface area contributed by atoms with Gasteiger partial charge in [-0.25, -0.2) is 0 Å². The molecule has 1 fully saturated rings. The second kappa shape index (κ2) is 6.68. The lowest BCUT2D eigenvalue weighted by atomic mass is 9.92. The lowest BCUT2D eigenvalue weighted by Crippen LogP contribution is -2.51. The molecular weight excluding hydrogens is 240 g/mol. The van der Waals surface area contributed by atoms with Gasteiger partial charge in [0, 0.05) is 19.1 Å². The van der Waals surface area contributed by atoms with E-state index in [0.717, 1.165) is 26.1 Å². The van der Waals surface area contributed by atoms with E-state index < -0.39 is 0 Å². The summed E-state index contributed by atoms with van der Waals surface area (Å²) in [6.45, 7) is 4.79. The van der Waals surface area contributed by atoms with Crippen molar-refractivity contribution in [1.82, 2.24) is 4.90 Å². The summed E-state index contributed by atoms with van der Waals surface area (Å²) in [5, 5.41) is 0. The molecule has 1 aromatic rings. The number of hydrogen-bond donors (Lipinski definition) is 1. The molecule has 0 aliphatic carbocycles. The van der Waals surface area contributed by atoms with Crippen LogP contribution in [0.4, 0.5) is 0 Å². The SMILES string of the molecule is CCOC(=O)C1CCN(Cc2ccccc2)CC1N. The summed E-state index contributed by atoms with van der Waals surface area (Å²) in [6, 6.07) is 10.2. The molecule has 0 aromatic heterocycles. The molecule has 19 heavy (non-hydrogen) atoms. The van der Waals surface area contributed by atoms with Gasteiger partial charge in [-0.05, 0) is 25.5 Å². The Bertz CT molecular complexity index is 408. The summed E-state index contributed by atoms with van der Waals surface area (Å²) >= 11 is 0. The monoisotopic (exact) mass is 262 g/mol. The smallest absolute Gasteiger partial charge is 0.310 e. The van der Waals surface area contributed by atoms with E-state index in [0.29, 0.717) is 6.61 Å². The number of rotatable bonds is 4. The fourth-order valence-corrected chi connectivity index (χ4v) is 2.58. The first kappa shape index (κ1) is 14.0. The number of piperidine rings is 1. The molecule has 0 bridgehead atoms. The molecule has 1 aliphatic heterocycles. The van der Waals surface area contributed by atoms with Gasteiger partial charge in [-0.3, -0.25) is 9.69 Å². The number of hydrogen-bond acceptors (Lipinski definition) is 4. The van der Waals surface area contributed by atoms with Crippen LogP contribution in [0.5, 0.6) is 0 Å². The highest BCUT2D eigenvalue weighted by molar-refractivity contribution is 5.73. The van der Waals surface area contributed by atoms with Gasteiger partial charge < -0.3 is 10.5 Å². The Kier molecular flexibility index (Phi) is 4.93. The van der Waals surface area contributed by atoms with Crippen molar-refractivity contribution in [3.05, 3.63) is 35.9 Å². The molecule has 0 radical (unpaired) electrons. The van der Waals surface area contributed by atoms with Gasteiger partial charge in [0.2, 0.25) is 0 Å². The van der Waals surface area contributed by atoms with Crippen LogP contribution in [0.1, 0.15) is 18.9 Å². The van der Waals surface area contributed by atoms with Crippen LogP contribution in [0.3, 0.4) is 0 Å². The second-order valence-electron chi connectivity index (χ2n) is 5.03. The lowest BCUT2D eigenvalue weighted by molar-refractivity contribution is -0.150. The molecule has 2 N–H and O–H groups in total. The van der Waals surface area contributed by atoms with Crippen LogP contribution in [-0.2, 0) is 16.1 Å². The van der Waals surface area contributed by atoms with Crippen molar-refractivity contribution < 1.29 is 9.53 Å². The zero-order valence-corrected chi connectivity index (χ0v) is 11.4. The normalized spacial score (nSPS) is 24.1. The molecule has 1 saturated heterocycles. The predicted octanol–water partition coefficient (Wildman–Crippen LogP) is 1.40. The number of likely N-dealkylation sites (tertiary alicyclic amines) is 1. The van der Waals surface area contributed by atoms with E-state index in [1.54, 1.807) is 0 Å². The third-order valence-corrected chi connectivity index (χ3v) is 3.58. The molecule has 2 rings (SSSR count). The molecular formula is C15H22N2O2. The zero-order valence-electron chi connectivity index (χ0n) is 11.4. The first-order valence-corrected chi connectivity index (χ1v) is 6.89. The largest absolute Gasteiger partial charge is 0.466 e. The minimum absolute atomic E-state index is 0.128. The van der Waals surface area contributed by atoms with Gasteiger partial charge in [0.25, 0.3) is 0 Å². The molecule has 4 heteroatoms. The first-order chi connectivity index (χ1) is 9.20. The lowest BCUT2D eigenvalue weighted by Gasteiger charge is -2.35. The Labute approximate surface area is 114 Å². The maximum Gasteiger partial charge on any atom is 0.310 e. The van der Waals surface area contributed by atoms with Gasteiger partial charge in [-0.2, -0.15) is 0 Å². The maximum absolute atomic E-state index is 11.8. The van der Waals surface area contributed by atoms with E-state index in [9.17, 15) is 4.79 Å². The summed E-state index contributed by atoms with van der Waals surface area (Å²) in [4.78, 5) is 14.1. The highest BCUT2D eigenvalue weighted by atomic mass is 16.5. The van der Waals surface area contributed by atoms with Gasteiger partial charge >= 0.3 is 5.97 Å². The molecule has 2 unspecified atom stereocenters. The molecule has 0 spiro atoms. The number of esters is 1. The van der Waals surface area contributed by atoms with Crippen LogP contribution >= 0.6 is 0 Å². The molecule has 1 heterocycles. The van der Waals surface area contributed by atoms with Crippen molar-refractivity contribution in [3.63, 3.8) is 0 Å². The minimum atomic E-state index is -0.146. The molecule has 0 amide bonds. The van der Waals surface area contributed by atoms with Crippen molar-refractivity contribution in [2.24, 2.45) is 11.7 Å². The summed E-state index contributed by atoms with van der Waals surface area (Å²) in [6.07, 6.45) is 0.785. The summed E-state index contributed by atoms with van der Waals surface area (Å²) in [5.41, 5.74) is 7.39. The van der Waals surface area contributed by atoms with E-state index in [1.807, 2.05) is 25.1 Å². The predicted molar refractivity (Wildman–Crippen MR) is 74.4 cm³/mol. The Balaban J connectivity index is 1.88. The van der Waals surface area contributed by atoms with Crippen LogP contribution in [-0.4, -0.2) is 36.6 Å². The average Bonchev–Trinajstić information content (AvgIpc) is 2.40. The number of nitrogens with zero attached hydrogens (tertiary/aromatic N) is 1. The van der Waals surface area contributed by atoms with E-state index >= 15 is 0 Å². The van der Waals surface area contributed by atoms with Gasteiger partial charge in [-0.15, -0.1) is 0 Å². The Morgan fingerprint density at radius 3 is 2.79 bits per heavy atom. The average molecular weight is 262 g/mol. The zero-order chi connectivity index (χ0) is 13.7. The van der Waals surface area contributed by atoms with E-state index in [-0.39, 0.29) is 17.9 Å². The quantitative estimate of drug-likeness (QED) is 0.833. The number of benzene rings is 1. The number of ether oxygens (including phenoxy) is 1. The van der Waals surface area contributed by atoms with Crippen molar-refractivity contribution >= 4 is 5.97 Å². The molecule has 2 atom stereocenters. The standard InChI is InChI=1S/C15H22N2O2/c1-2-19-15(18)13-8-9-17(11-14(13)16)10-12-6-4-3-5-7-12/h3-7,13-14H,2,8-11,16H2,1H3. The maximum atomic E-state index is 11.8.